The topological polar surface area (TPSA) is 54.7 Å². The first kappa shape index (κ1) is 14.1. The maximum Gasteiger partial charge on any atom is 0.255 e. The number of hydrogen-bond donors (Lipinski definition) is 0. The summed E-state index contributed by atoms with van der Waals surface area (Å²) in [6.45, 7) is 1.37. The average Bonchev–Trinajstić information content (AvgIpc) is 2.78. The summed E-state index contributed by atoms with van der Waals surface area (Å²) < 4.78 is 1.96. The number of carbonyl (C=O) groups is 1. The minimum atomic E-state index is -0.418. The van der Waals surface area contributed by atoms with E-state index in [-0.39, 0.29) is 5.91 Å². The van der Waals surface area contributed by atoms with Gasteiger partial charge in [0.25, 0.3) is 5.91 Å². The number of unbranched alkanes of at least 4 members (excludes halogenated alkanes) is 1. The molecule has 1 aromatic rings. The Morgan fingerprint density at radius 2 is 2.21 bits per heavy atom. The smallest absolute Gasteiger partial charge is 0.255 e. The highest BCUT2D eigenvalue weighted by atomic mass is 35.5. The van der Waals surface area contributed by atoms with Gasteiger partial charge < -0.3 is 9.47 Å². The molecule has 0 bridgehead atoms. The van der Waals surface area contributed by atoms with E-state index in [4.69, 9.17) is 11.6 Å². The molecule has 5 nitrogen and oxygen atoms in total. The number of amides is 1. The van der Waals surface area contributed by atoms with E-state index in [0.29, 0.717) is 24.4 Å². The Kier molecular flexibility index (Phi) is 4.58. The predicted molar refractivity (Wildman–Crippen MR) is 74.5 cm³/mol. The molecule has 1 unspecified atom stereocenters. The van der Waals surface area contributed by atoms with Crippen LogP contribution in [0.1, 0.15) is 41.2 Å². The van der Waals surface area contributed by atoms with Gasteiger partial charge in [-0.15, -0.1) is 11.6 Å². The molecule has 0 saturated heterocycles. The first-order valence-corrected chi connectivity index (χ1v) is 7.04. The number of aryl methyl sites for hydroxylation is 1. The number of carbonyl (C=O) groups excluding carboxylic acids is 1. The van der Waals surface area contributed by atoms with Crippen molar-refractivity contribution in [2.24, 2.45) is 5.18 Å². The molecule has 1 aliphatic rings. The van der Waals surface area contributed by atoms with Crippen LogP contribution in [0.4, 0.5) is 0 Å². The number of fused-ring (bicyclic) bond motifs is 1. The normalized spacial score (nSPS) is 19.2. The molecule has 1 aromatic heterocycles. The van der Waals surface area contributed by atoms with E-state index >= 15 is 0 Å². The number of alkyl halides is 1. The van der Waals surface area contributed by atoms with Gasteiger partial charge in [-0.3, -0.25) is 4.79 Å². The Balaban J connectivity index is 2.25. The Hall–Kier alpha value is -1.36. The third-order valence-electron chi connectivity index (χ3n) is 3.51. The van der Waals surface area contributed by atoms with Crippen LogP contribution < -0.4 is 0 Å². The van der Waals surface area contributed by atoms with Crippen molar-refractivity contribution < 1.29 is 4.79 Å². The molecular weight excluding hydrogens is 266 g/mol. The number of halogens is 1. The Bertz CT molecular complexity index is 472. The highest BCUT2D eigenvalue weighted by Gasteiger charge is 2.28. The Morgan fingerprint density at radius 1 is 1.42 bits per heavy atom. The van der Waals surface area contributed by atoms with E-state index in [2.05, 4.69) is 5.18 Å². The molecule has 0 aliphatic carbocycles. The van der Waals surface area contributed by atoms with E-state index in [1.807, 2.05) is 17.0 Å². The third kappa shape index (κ3) is 2.97. The number of hydrogen-bond acceptors (Lipinski definition) is 3. The summed E-state index contributed by atoms with van der Waals surface area (Å²) in [5, 5.41) is 3.16. The summed E-state index contributed by atoms with van der Waals surface area (Å²) in [4.78, 5) is 24.8. The number of nitroso groups, excluding NO2 is 1. The molecule has 0 spiro atoms. The van der Waals surface area contributed by atoms with Crippen LogP contribution in [0.15, 0.2) is 17.6 Å². The largest absolute Gasteiger partial charge is 0.353 e. The van der Waals surface area contributed by atoms with Crippen LogP contribution in [0.5, 0.6) is 0 Å². The van der Waals surface area contributed by atoms with Gasteiger partial charge in [0.1, 0.15) is 6.04 Å². The monoisotopic (exact) mass is 283 g/mol. The van der Waals surface area contributed by atoms with Crippen LogP contribution in [0.2, 0.25) is 0 Å². The van der Waals surface area contributed by atoms with E-state index in [0.717, 1.165) is 24.9 Å². The lowest BCUT2D eigenvalue weighted by molar-refractivity contribution is 0.0799. The zero-order chi connectivity index (χ0) is 13.8. The zero-order valence-corrected chi connectivity index (χ0v) is 11.8. The lowest BCUT2D eigenvalue weighted by atomic mass is 10.1. The summed E-state index contributed by atoms with van der Waals surface area (Å²) in [7, 11) is 1.75. The molecule has 1 atom stereocenters. The van der Waals surface area contributed by atoms with Crippen LogP contribution in [0.25, 0.3) is 0 Å². The van der Waals surface area contributed by atoms with Crippen molar-refractivity contribution in [3.63, 3.8) is 0 Å². The van der Waals surface area contributed by atoms with Crippen LogP contribution in [-0.2, 0) is 6.54 Å². The standard InChI is InChI=1S/C13H18ClN3O2/c1-16-7-4-12(15-19)10-8-17(6-3-2-5-14)9-11(10)13(16)18/h8-9,12H,2-7H2,1H3. The molecule has 2 heterocycles. The second kappa shape index (κ2) is 6.19. The number of rotatable bonds is 5. The second-order valence-electron chi connectivity index (χ2n) is 4.90. The molecule has 0 radical (unpaired) electrons. The van der Waals surface area contributed by atoms with Crippen molar-refractivity contribution in [1.29, 1.82) is 0 Å². The zero-order valence-electron chi connectivity index (χ0n) is 11.0. The van der Waals surface area contributed by atoms with Gasteiger partial charge in [0.2, 0.25) is 0 Å². The first-order valence-electron chi connectivity index (χ1n) is 6.51. The van der Waals surface area contributed by atoms with Crippen molar-refractivity contribution in [2.75, 3.05) is 19.5 Å². The van der Waals surface area contributed by atoms with Crippen LogP contribution in [-0.4, -0.2) is 34.8 Å². The minimum Gasteiger partial charge on any atom is -0.353 e. The maximum atomic E-state index is 12.2. The number of aromatic nitrogens is 1. The van der Waals surface area contributed by atoms with Gasteiger partial charge in [-0.1, -0.05) is 5.18 Å². The van der Waals surface area contributed by atoms with Crippen LogP contribution in [0.3, 0.4) is 0 Å². The first-order chi connectivity index (χ1) is 9.17. The van der Waals surface area contributed by atoms with E-state index in [9.17, 15) is 9.70 Å². The summed E-state index contributed by atoms with van der Waals surface area (Å²) in [5.74, 6) is 0.610. The van der Waals surface area contributed by atoms with E-state index in [1.165, 1.54) is 0 Å². The van der Waals surface area contributed by atoms with Crippen LogP contribution >= 0.6 is 11.6 Å². The summed E-state index contributed by atoms with van der Waals surface area (Å²) in [6, 6.07) is -0.418. The van der Waals surface area contributed by atoms with Crippen molar-refractivity contribution in [3.8, 4) is 0 Å². The van der Waals surface area contributed by atoms with Crippen molar-refractivity contribution in [3.05, 3.63) is 28.4 Å². The fraction of sp³-hybridized carbons (Fsp3) is 0.615. The third-order valence-corrected chi connectivity index (χ3v) is 3.78. The Labute approximate surface area is 117 Å². The molecule has 104 valence electrons. The summed E-state index contributed by atoms with van der Waals surface area (Å²) in [5.41, 5.74) is 1.37. The van der Waals surface area contributed by atoms with Gasteiger partial charge in [-0.05, 0) is 19.3 Å². The molecule has 0 fully saturated rings. The quantitative estimate of drug-likeness (QED) is 0.474. The summed E-state index contributed by atoms with van der Waals surface area (Å²) in [6.07, 6.45) is 6.19. The van der Waals surface area contributed by atoms with E-state index < -0.39 is 6.04 Å². The van der Waals surface area contributed by atoms with Crippen molar-refractivity contribution in [1.82, 2.24) is 9.47 Å². The highest BCUT2D eigenvalue weighted by Crippen LogP contribution is 2.29. The average molecular weight is 284 g/mol. The van der Waals surface area contributed by atoms with Gasteiger partial charge in [0.05, 0.1) is 5.56 Å². The van der Waals surface area contributed by atoms with E-state index in [1.54, 1.807) is 11.9 Å². The molecule has 0 aromatic carbocycles. The second-order valence-corrected chi connectivity index (χ2v) is 5.28. The van der Waals surface area contributed by atoms with Gasteiger partial charge in [-0.2, -0.15) is 4.91 Å². The molecule has 0 N–H and O–H groups in total. The van der Waals surface area contributed by atoms with Gasteiger partial charge in [0.15, 0.2) is 0 Å². The molecule has 1 aliphatic heterocycles. The van der Waals surface area contributed by atoms with Gasteiger partial charge >= 0.3 is 0 Å². The lowest BCUT2D eigenvalue weighted by Gasteiger charge is -2.13. The maximum absolute atomic E-state index is 12.2. The molecule has 6 heteroatoms. The summed E-state index contributed by atoms with van der Waals surface area (Å²) >= 11 is 5.65. The molecule has 0 saturated carbocycles. The fourth-order valence-corrected chi connectivity index (χ4v) is 2.57. The fourth-order valence-electron chi connectivity index (χ4n) is 2.38. The lowest BCUT2D eigenvalue weighted by Crippen LogP contribution is -2.26. The van der Waals surface area contributed by atoms with Gasteiger partial charge in [-0.25, -0.2) is 0 Å². The van der Waals surface area contributed by atoms with Crippen molar-refractivity contribution >= 4 is 17.5 Å². The molecule has 19 heavy (non-hydrogen) atoms. The predicted octanol–water partition coefficient (Wildman–Crippen LogP) is 2.79. The van der Waals surface area contributed by atoms with Gasteiger partial charge in [0, 0.05) is 44.0 Å². The van der Waals surface area contributed by atoms with Crippen LogP contribution in [0, 0.1) is 4.91 Å². The SMILES string of the molecule is CN1CCC(N=O)c2cn(CCCCCl)cc2C1=O. The molecule has 1 amide bonds. The molecule has 2 rings (SSSR count). The molecular formula is C13H18ClN3O2. The Morgan fingerprint density at radius 3 is 2.89 bits per heavy atom. The number of nitrogens with zero attached hydrogens (tertiary/aromatic N) is 3. The van der Waals surface area contributed by atoms with Crippen molar-refractivity contribution in [2.45, 2.75) is 31.8 Å². The highest BCUT2D eigenvalue weighted by molar-refractivity contribution is 6.17. The minimum absolute atomic E-state index is 0.0303.